The molecule has 0 atom stereocenters. The molecule has 1 amide bonds. The van der Waals surface area contributed by atoms with E-state index >= 15 is 0 Å². The summed E-state index contributed by atoms with van der Waals surface area (Å²) in [5.41, 5.74) is -0.245. The second-order valence-electron chi connectivity index (χ2n) is 5.54. The Morgan fingerprint density at radius 1 is 1.20 bits per heavy atom. The molecule has 2 rings (SSSR count). The molecule has 134 valence electrons. The molecule has 1 fully saturated rings. The molecule has 0 bridgehead atoms. The van der Waals surface area contributed by atoms with Gasteiger partial charge in [-0.3, -0.25) is 29.9 Å². The molecule has 0 unspecified atom stereocenters. The van der Waals surface area contributed by atoms with E-state index < -0.39 is 9.85 Å². The predicted molar refractivity (Wildman–Crippen MR) is 91.6 cm³/mol. The number of nitro benzene ring substituents is 2. The SMILES string of the molecule is C=CCNC(=O)CN1CCN(c2ccc([N+](=O)[O-])cc2[N+](=O)[O-])CC1. The van der Waals surface area contributed by atoms with E-state index in [4.69, 9.17) is 0 Å². The molecule has 0 spiro atoms. The molecule has 25 heavy (non-hydrogen) atoms. The van der Waals surface area contributed by atoms with Gasteiger partial charge in [-0.15, -0.1) is 6.58 Å². The first kappa shape index (κ1) is 18.3. The first-order chi connectivity index (χ1) is 11.9. The number of nitro groups is 2. The van der Waals surface area contributed by atoms with Gasteiger partial charge in [0.1, 0.15) is 5.69 Å². The minimum absolute atomic E-state index is 0.102. The standard InChI is InChI=1S/C15H19N5O5/c1-2-5-16-15(21)11-17-6-8-18(9-7-17)13-4-3-12(19(22)23)10-14(13)20(24)25/h2-4,10H,1,5-9,11H2,(H,16,21). The molecule has 1 aliphatic rings. The van der Waals surface area contributed by atoms with Crippen LogP contribution in [0.15, 0.2) is 30.9 Å². The van der Waals surface area contributed by atoms with Crippen LogP contribution in [0.3, 0.4) is 0 Å². The van der Waals surface area contributed by atoms with E-state index in [1.165, 1.54) is 12.1 Å². The second kappa shape index (κ2) is 8.20. The number of carbonyl (C=O) groups excluding carboxylic acids is 1. The fraction of sp³-hybridized carbons (Fsp3) is 0.400. The van der Waals surface area contributed by atoms with Gasteiger partial charge in [0.2, 0.25) is 5.91 Å². The first-order valence-corrected chi connectivity index (χ1v) is 7.70. The molecule has 1 saturated heterocycles. The summed E-state index contributed by atoms with van der Waals surface area (Å²) in [6.45, 7) is 6.31. The highest BCUT2D eigenvalue weighted by atomic mass is 16.6. The summed E-state index contributed by atoms with van der Waals surface area (Å²) in [6.07, 6.45) is 1.60. The number of hydrogen-bond donors (Lipinski definition) is 1. The lowest BCUT2D eigenvalue weighted by molar-refractivity contribution is -0.393. The molecule has 1 aliphatic heterocycles. The van der Waals surface area contributed by atoms with E-state index in [1.807, 2.05) is 4.90 Å². The van der Waals surface area contributed by atoms with Crippen molar-refractivity contribution < 1.29 is 14.6 Å². The van der Waals surface area contributed by atoms with Crippen molar-refractivity contribution in [3.63, 3.8) is 0 Å². The number of carbonyl (C=O) groups is 1. The third kappa shape index (κ3) is 4.73. The number of piperazine rings is 1. The van der Waals surface area contributed by atoms with E-state index in [2.05, 4.69) is 11.9 Å². The Morgan fingerprint density at radius 3 is 2.44 bits per heavy atom. The Balaban J connectivity index is 2.03. The van der Waals surface area contributed by atoms with Gasteiger partial charge in [-0.1, -0.05) is 6.08 Å². The third-order valence-corrected chi connectivity index (χ3v) is 3.89. The summed E-state index contributed by atoms with van der Waals surface area (Å²) in [5, 5.41) is 24.7. The van der Waals surface area contributed by atoms with Crippen LogP contribution in [0.5, 0.6) is 0 Å². The molecule has 0 aromatic heterocycles. The largest absolute Gasteiger partial charge is 0.363 e. The van der Waals surface area contributed by atoms with Crippen LogP contribution < -0.4 is 10.2 Å². The summed E-state index contributed by atoms with van der Waals surface area (Å²) in [5.74, 6) is -0.102. The summed E-state index contributed by atoms with van der Waals surface area (Å²) in [7, 11) is 0. The van der Waals surface area contributed by atoms with E-state index in [9.17, 15) is 25.0 Å². The maximum Gasteiger partial charge on any atom is 0.299 e. The Bertz CT molecular complexity index is 685. The third-order valence-electron chi connectivity index (χ3n) is 3.89. The van der Waals surface area contributed by atoms with Crippen molar-refractivity contribution >= 4 is 23.0 Å². The number of rotatable bonds is 7. The van der Waals surface area contributed by atoms with Gasteiger partial charge in [0.05, 0.1) is 22.5 Å². The van der Waals surface area contributed by atoms with Gasteiger partial charge >= 0.3 is 0 Å². The molecule has 1 aromatic carbocycles. The molecule has 10 heteroatoms. The average molecular weight is 349 g/mol. The number of benzene rings is 1. The van der Waals surface area contributed by atoms with Crippen LogP contribution in [0.2, 0.25) is 0 Å². The van der Waals surface area contributed by atoms with Crippen molar-refractivity contribution in [3.8, 4) is 0 Å². The van der Waals surface area contributed by atoms with E-state index in [1.54, 1.807) is 11.0 Å². The molecule has 0 saturated carbocycles. The van der Waals surface area contributed by atoms with Crippen molar-refractivity contribution in [3.05, 3.63) is 51.1 Å². The van der Waals surface area contributed by atoms with Crippen LogP contribution in [0.25, 0.3) is 0 Å². The van der Waals surface area contributed by atoms with Gasteiger partial charge in [-0.05, 0) is 6.07 Å². The number of hydrogen-bond acceptors (Lipinski definition) is 7. The number of nitrogens with zero attached hydrogens (tertiary/aromatic N) is 4. The van der Waals surface area contributed by atoms with Gasteiger partial charge in [0.15, 0.2) is 0 Å². The highest BCUT2D eigenvalue weighted by Crippen LogP contribution is 2.32. The van der Waals surface area contributed by atoms with Crippen LogP contribution in [0.1, 0.15) is 0 Å². The Hall–Kier alpha value is -3.01. The van der Waals surface area contributed by atoms with Crippen molar-refractivity contribution in [1.29, 1.82) is 0 Å². The van der Waals surface area contributed by atoms with Crippen LogP contribution >= 0.6 is 0 Å². The van der Waals surface area contributed by atoms with Crippen molar-refractivity contribution in [1.82, 2.24) is 10.2 Å². The number of anilines is 1. The Morgan fingerprint density at radius 2 is 1.88 bits per heavy atom. The number of non-ortho nitro benzene ring substituents is 1. The van der Waals surface area contributed by atoms with E-state index in [0.717, 1.165) is 6.07 Å². The Labute approximate surface area is 144 Å². The van der Waals surface area contributed by atoms with E-state index in [0.29, 0.717) is 38.4 Å². The minimum Gasteiger partial charge on any atom is -0.363 e. The maximum atomic E-state index is 11.7. The zero-order valence-corrected chi connectivity index (χ0v) is 13.6. The minimum atomic E-state index is -0.656. The lowest BCUT2D eigenvalue weighted by Gasteiger charge is -2.35. The molecular weight excluding hydrogens is 330 g/mol. The summed E-state index contributed by atoms with van der Waals surface area (Å²) in [6, 6.07) is 3.64. The van der Waals surface area contributed by atoms with Crippen LogP contribution in [-0.4, -0.2) is 59.9 Å². The van der Waals surface area contributed by atoms with E-state index in [-0.39, 0.29) is 23.8 Å². The fourth-order valence-corrected chi connectivity index (χ4v) is 2.63. The Kier molecular flexibility index (Phi) is 6.01. The van der Waals surface area contributed by atoms with Crippen molar-refractivity contribution in [2.75, 3.05) is 44.2 Å². The normalized spacial score (nSPS) is 14.8. The van der Waals surface area contributed by atoms with Crippen molar-refractivity contribution in [2.24, 2.45) is 0 Å². The van der Waals surface area contributed by atoms with Gasteiger partial charge in [0.25, 0.3) is 11.4 Å². The lowest BCUT2D eigenvalue weighted by atomic mass is 10.2. The molecular formula is C15H19N5O5. The lowest BCUT2D eigenvalue weighted by Crippen LogP contribution is -2.49. The predicted octanol–water partition coefficient (Wildman–Crippen LogP) is 0.927. The zero-order valence-electron chi connectivity index (χ0n) is 13.6. The fourth-order valence-electron chi connectivity index (χ4n) is 2.63. The van der Waals surface area contributed by atoms with Gasteiger partial charge < -0.3 is 10.2 Å². The molecule has 1 N–H and O–H groups in total. The van der Waals surface area contributed by atoms with Crippen LogP contribution in [-0.2, 0) is 4.79 Å². The topological polar surface area (TPSA) is 122 Å². The smallest absolute Gasteiger partial charge is 0.299 e. The number of amides is 1. The highest BCUT2D eigenvalue weighted by Gasteiger charge is 2.26. The quantitative estimate of drug-likeness (QED) is 0.441. The summed E-state index contributed by atoms with van der Waals surface area (Å²) >= 11 is 0. The van der Waals surface area contributed by atoms with Gasteiger partial charge in [-0.2, -0.15) is 0 Å². The first-order valence-electron chi connectivity index (χ1n) is 7.70. The van der Waals surface area contributed by atoms with Gasteiger partial charge in [0, 0.05) is 38.8 Å². The molecule has 0 aliphatic carbocycles. The van der Waals surface area contributed by atoms with Gasteiger partial charge in [-0.25, -0.2) is 0 Å². The summed E-state index contributed by atoms with van der Waals surface area (Å²) in [4.78, 5) is 36.2. The molecule has 1 heterocycles. The summed E-state index contributed by atoms with van der Waals surface area (Å²) < 4.78 is 0. The van der Waals surface area contributed by atoms with Crippen molar-refractivity contribution in [2.45, 2.75) is 0 Å². The van der Waals surface area contributed by atoms with Crippen LogP contribution in [0.4, 0.5) is 17.1 Å². The molecule has 0 radical (unpaired) electrons. The monoisotopic (exact) mass is 349 g/mol. The molecule has 1 aromatic rings. The highest BCUT2D eigenvalue weighted by molar-refractivity contribution is 5.78. The number of nitrogens with one attached hydrogen (secondary N) is 1. The molecule has 10 nitrogen and oxygen atoms in total. The maximum absolute atomic E-state index is 11.7. The average Bonchev–Trinajstić information content (AvgIpc) is 2.60. The van der Waals surface area contributed by atoms with Crippen LogP contribution in [0, 0.1) is 20.2 Å². The second-order valence-corrected chi connectivity index (χ2v) is 5.54. The zero-order chi connectivity index (χ0) is 18.4.